The topological polar surface area (TPSA) is 155 Å². The van der Waals surface area contributed by atoms with Crippen LogP contribution >= 0.6 is 23.2 Å². The molecule has 314 valence electrons. The average Bonchev–Trinajstić information content (AvgIpc) is 3.61. The lowest BCUT2D eigenvalue weighted by atomic mass is 9.50. The van der Waals surface area contributed by atoms with Crippen LogP contribution in [-0.2, 0) is 30.8 Å². The Bertz CT molecular complexity index is 2560. The van der Waals surface area contributed by atoms with Crippen molar-refractivity contribution in [3.63, 3.8) is 0 Å². The van der Waals surface area contributed by atoms with Gasteiger partial charge in [-0.2, -0.15) is 18.2 Å². The summed E-state index contributed by atoms with van der Waals surface area (Å²) in [5.74, 6) is -7.97. The Hall–Kier alpha value is -6.19. The highest BCUT2D eigenvalue weighted by molar-refractivity contribution is 6.33. The smallest absolute Gasteiger partial charge is 0.417 e. The number of pyridine rings is 1. The second-order valence-corrected chi connectivity index (χ2v) is 16.1. The monoisotopic (exact) mass is 874 g/mol. The molecule has 3 heterocycles. The number of hydrogen-bond acceptors (Lipinski definition) is 10. The molecule has 2 aliphatic carbocycles. The molecule has 1 aromatic heterocycles. The SMILES string of the molecule is COc1cc(C=C[C@H]2C3=CC[C@@H]4C(=O)N(c5ccc(C(C)=O)cc5)C(=O)[C@@H]4[C@@H]3C[C@H]3C(=O)N(Nc4ncc(C(F)(F)F)cc4Cl)C(=O)[C@@]23c2ccc(Cl)cc2)cc(OC)c1O. The van der Waals surface area contributed by atoms with E-state index < -0.39 is 81.2 Å². The molecule has 3 fully saturated rings. The molecule has 0 unspecified atom stereocenters. The first-order chi connectivity index (χ1) is 29.0. The number of carbonyl (C=O) groups is 5. The number of Topliss-reactive ketones (excluding diaryl/α,β-unsaturated/α-hetero) is 1. The minimum atomic E-state index is -4.78. The highest BCUT2D eigenvalue weighted by atomic mass is 35.5. The van der Waals surface area contributed by atoms with Crippen LogP contribution in [-0.4, -0.2) is 58.7 Å². The largest absolute Gasteiger partial charge is 0.502 e. The number of aromatic nitrogens is 1. The first-order valence-electron chi connectivity index (χ1n) is 19.0. The van der Waals surface area contributed by atoms with Crippen LogP contribution in [0.3, 0.4) is 0 Å². The number of imide groups is 2. The zero-order valence-electron chi connectivity index (χ0n) is 32.5. The van der Waals surface area contributed by atoms with Crippen LogP contribution in [0.25, 0.3) is 6.08 Å². The summed E-state index contributed by atoms with van der Waals surface area (Å²) in [5.41, 5.74) is 1.79. The van der Waals surface area contributed by atoms with E-state index in [1.54, 1.807) is 36.4 Å². The van der Waals surface area contributed by atoms with Gasteiger partial charge in [-0.1, -0.05) is 59.1 Å². The molecular weight excluding hydrogens is 840 g/mol. The van der Waals surface area contributed by atoms with Crippen molar-refractivity contribution in [3.8, 4) is 17.2 Å². The Labute approximate surface area is 356 Å². The predicted molar refractivity (Wildman–Crippen MR) is 217 cm³/mol. The number of phenolic OH excluding ortho intramolecular Hbond substituents is 1. The third kappa shape index (κ3) is 6.70. The van der Waals surface area contributed by atoms with Crippen LogP contribution in [0.2, 0.25) is 10.0 Å². The number of anilines is 2. The molecule has 4 aliphatic rings. The fourth-order valence-electron chi connectivity index (χ4n) is 9.35. The van der Waals surface area contributed by atoms with E-state index in [9.17, 15) is 37.5 Å². The number of alkyl halides is 3. The van der Waals surface area contributed by atoms with Crippen LogP contribution in [0.1, 0.15) is 46.8 Å². The summed E-state index contributed by atoms with van der Waals surface area (Å²) in [6, 6.07) is 16.2. The summed E-state index contributed by atoms with van der Waals surface area (Å²) >= 11 is 12.6. The number of phenols is 1. The van der Waals surface area contributed by atoms with Gasteiger partial charge in [-0.25, -0.2) is 4.98 Å². The Balaban J connectivity index is 1.29. The molecule has 0 radical (unpaired) electrons. The van der Waals surface area contributed by atoms with Crippen LogP contribution < -0.4 is 19.8 Å². The van der Waals surface area contributed by atoms with E-state index in [0.717, 1.165) is 4.90 Å². The van der Waals surface area contributed by atoms with E-state index in [0.29, 0.717) is 44.6 Å². The molecule has 0 bridgehead atoms. The van der Waals surface area contributed by atoms with Gasteiger partial charge >= 0.3 is 6.18 Å². The number of fused-ring (bicyclic) bond motifs is 4. The van der Waals surface area contributed by atoms with Crippen LogP contribution in [0.15, 0.2) is 90.7 Å². The fourth-order valence-corrected chi connectivity index (χ4v) is 9.68. The average molecular weight is 876 g/mol. The van der Waals surface area contributed by atoms with Crippen molar-refractivity contribution in [2.75, 3.05) is 24.5 Å². The lowest BCUT2D eigenvalue weighted by Crippen LogP contribution is -2.54. The molecule has 2 aliphatic heterocycles. The Morgan fingerprint density at radius 2 is 1.59 bits per heavy atom. The van der Waals surface area contributed by atoms with Crippen LogP contribution in [0, 0.1) is 29.6 Å². The van der Waals surface area contributed by atoms with Crippen molar-refractivity contribution < 1.29 is 51.7 Å². The van der Waals surface area contributed by atoms with E-state index in [1.165, 1.54) is 57.5 Å². The molecule has 4 aromatic rings. The second kappa shape index (κ2) is 15.4. The van der Waals surface area contributed by atoms with Crippen molar-refractivity contribution in [2.45, 2.75) is 31.4 Å². The molecule has 0 spiro atoms. The number of hydrazine groups is 1. The number of amides is 4. The number of ether oxygens (including phenoxy) is 2. The maximum atomic E-state index is 15.4. The number of ketones is 1. The molecule has 61 heavy (non-hydrogen) atoms. The third-order valence-corrected chi connectivity index (χ3v) is 12.7. The minimum Gasteiger partial charge on any atom is -0.502 e. The molecule has 12 nitrogen and oxygen atoms in total. The zero-order valence-corrected chi connectivity index (χ0v) is 34.0. The molecule has 2 saturated heterocycles. The summed E-state index contributed by atoms with van der Waals surface area (Å²) in [5, 5.41) is 11.2. The third-order valence-electron chi connectivity index (χ3n) is 12.1. The number of halogens is 5. The van der Waals surface area contributed by atoms with Crippen molar-refractivity contribution in [1.82, 2.24) is 9.99 Å². The fraction of sp³-hybridized carbons (Fsp3) is 0.273. The summed E-state index contributed by atoms with van der Waals surface area (Å²) in [6.45, 7) is 1.40. The van der Waals surface area contributed by atoms with Gasteiger partial charge in [0.05, 0.1) is 53.7 Å². The lowest BCUT2D eigenvalue weighted by Gasteiger charge is -2.49. The molecule has 1 saturated carbocycles. The van der Waals surface area contributed by atoms with Crippen molar-refractivity contribution >= 4 is 70.2 Å². The molecule has 8 rings (SSSR count). The van der Waals surface area contributed by atoms with Gasteiger partial charge in [-0.05, 0) is 91.4 Å². The summed E-state index contributed by atoms with van der Waals surface area (Å²) in [7, 11) is 2.72. The highest BCUT2D eigenvalue weighted by Gasteiger charge is 2.69. The van der Waals surface area contributed by atoms with Gasteiger partial charge in [0, 0.05) is 22.7 Å². The first-order valence-corrected chi connectivity index (χ1v) is 19.7. The Kier molecular flexibility index (Phi) is 10.5. The zero-order chi connectivity index (χ0) is 43.7. The summed E-state index contributed by atoms with van der Waals surface area (Å²) < 4.78 is 51.4. The van der Waals surface area contributed by atoms with E-state index in [4.69, 9.17) is 32.7 Å². The number of carbonyl (C=O) groups excluding carboxylic acids is 5. The standard InChI is InChI=1S/C44H35Cl2F3N4O8/c1-21(54)23-5-11-27(12-6-23)52-39(56)29-14-13-28-30(36(29)41(52)58)19-32-40(57)53(51-38-33(46)18-25(20-50-38)44(47,48)49)42(59)43(32,24-7-9-26(45)10-8-24)31(28)15-4-22-16-34(60-2)37(55)35(17-22)61-3/h4-13,15-18,20,29-32,36,55H,14,19H2,1-3H3,(H,50,51)/t29-,30+,31-,32-,36-,43-/m0/s1. The van der Waals surface area contributed by atoms with Gasteiger partial charge < -0.3 is 14.6 Å². The van der Waals surface area contributed by atoms with Crippen molar-refractivity contribution in [1.29, 1.82) is 0 Å². The molecule has 6 atom stereocenters. The van der Waals surface area contributed by atoms with Gasteiger partial charge in [0.1, 0.15) is 0 Å². The maximum absolute atomic E-state index is 15.4. The number of rotatable bonds is 9. The van der Waals surface area contributed by atoms with Crippen molar-refractivity contribution in [3.05, 3.63) is 123 Å². The van der Waals surface area contributed by atoms with Crippen LogP contribution in [0.5, 0.6) is 17.2 Å². The normalized spacial score (nSPS) is 24.7. The van der Waals surface area contributed by atoms with E-state index >= 15 is 4.79 Å². The maximum Gasteiger partial charge on any atom is 0.417 e. The van der Waals surface area contributed by atoms with Gasteiger partial charge in [-0.3, -0.25) is 34.3 Å². The number of allylic oxidation sites excluding steroid dienone is 3. The van der Waals surface area contributed by atoms with Crippen molar-refractivity contribution in [2.24, 2.45) is 29.6 Å². The van der Waals surface area contributed by atoms with Crippen LogP contribution in [0.4, 0.5) is 24.7 Å². The van der Waals surface area contributed by atoms with Gasteiger partial charge in [-0.15, -0.1) is 0 Å². The summed E-state index contributed by atoms with van der Waals surface area (Å²) in [6.07, 6.45) is 0.978. The van der Waals surface area contributed by atoms with Gasteiger partial charge in [0.2, 0.25) is 17.6 Å². The summed E-state index contributed by atoms with van der Waals surface area (Å²) in [4.78, 5) is 75.9. The molecule has 17 heteroatoms. The van der Waals surface area contributed by atoms with E-state index in [2.05, 4.69) is 10.4 Å². The number of nitrogens with one attached hydrogen (secondary N) is 1. The lowest BCUT2D eigenvalue weighted by molar-refractivity contribution is -0.139. The Morgan fingerprint density at radius 3 is 2.18 bits per heavy atom. The number of methoxy groups -OCH3 is 2. The molecular formula is C44H35Cl2F3N4O8. The number of aromatic hydroxyl groups is 1. The second-order valence-electron chi connectivity index (χ2n) is 15.2. The number of hydrogen-bond donors (Lipinski definition) is 2. The quantitative estimate of drug-likeness (QED) is 0.0959. The van der Waals surface area contributed by atoms with Gasteiger partial charge in [0.25, 0.3) is 11.8 Å². The van der Waals surface area contributed by atoms with Gasteiger partial charge in [0.15, 0.2) is 23.1 Å². The Morgan fingerprint density at radius 1 is 0.934 bits per heavy atom. The molecule has 4 amide bonds. The molecule has 2 N–H and O–H groups in total. The van der Waals surface area contributed by atoms with E-state index in [-0.39, 0.29) is 41.6 Å². The first kappa shape index (κ1) is 41.5. The predicted octanol–water partition coefficient (Wildman–Crippen LogP) is 8.07. The minimum absolute atomic E-state index is 0.0837. The number of nitrogens with zero attached hydrogens (tertiary/aromatic N) is 3. The highest BCUT2D eigenvalue weighted by Crippen LogP contribution is 2.62. The number of benzene rings is 3. The van der Waals surface area contributed by atoms with E-state index in [1.807, 2.05) is 6.08 Å². The molecule has 3 aromatic carbocycles.